The van der Waals surface area contributed by atoms with E-state index in [-0.39, 0.29) is 11.9 Å². The summed E-state index contributed by atoms with van der Waals surface area (Å²) in [7, 11) is 4.28. The first-order valence-electron chi connectivity index (χ1n) is 7.49. The van der Waals surface area contributed by atoms with E-state index in [1.54, 1.807) is 0 Å². The predicted molar refractivity (Wildman–Crippen MR) is 77.2 cm³/mol. The van der Waals surface area contributed by atoms with Crippen molar-refractivity contribution >= 4 is 5.91 Å². The Balaban J connectivity index is 1.89. The Hall–Kier alpha value is -0.650. The standard InChI is InChI=1S/C14H28N4O/c1-12(14(19)18-9-6-15-7-10-18)17(3)13-5-4-8-16(2)11-13/h12-13,15H,4-11H2,1-3H3. The molecule has 0 aliphatic carbocycles. The van der Waals surface area contributed by atoms with Gasteiger partial charge in [0.15, 0.2) is 0 Å². The van der Waals surface area contributed by atoms with Crippen LogP contribution in [-0.2, 0) is 4.79 Å². The molecule has 2 rings (SSSR count). The fourth-order valence-corrected chi connectivity index (χ4v) is 3.11. The summed E-state index contributed by atoms with van der Waals surface area (Å²) >= 11 is 0. The molecular weight excluding hydrogens is 240 g/mol. The van der Waals surface area contributed by atoms with Crippen LogP contribution in [0.1, 0.15) is 19.8 Å². The third kappa shape index (κ3) is 3.68. The average molecular weight is 268 g/mol. The molecule has 110 valence electrons. The van der Waals surface area contributed by atoms with Crippen molar-refractivity contribution < 1.29 is 4.79 Å². The van der Waals surface area contributed by atoms with Crippen LogP contribution in [-0.4, -0.2) is 86.1 Å². The molecule has 0 saturated carbocycles. The van der Waals surface area contributed by atoms with Crippen molar-refractivity contribution in [2.24, 2.45) is 0 Å². The molecule has 0 bridgehead atoms. The van der Waals surface area contributed by atoms with Crippen molar-refractivity contribution in [3.05, 3.63) is 0 Å². The van der Waals surface area contributed by atoms with Gasteiger partial charge in [-0.15, -0.1) is 0 Å². The van der Waals surface area contributed by atoms with Crippen molar-refractivity contribution in [1.29, 1.82) is 0 Å². The molecule has 19 heavy (non-hydrogen) atoms. The average Bonchev–Trinajstić information content (AvgIpc) is 2.46. The van der Waals surface area contributed by atoms with E-state index in [9.17, 15) is 4.79 Å². The Labute approximate surface area is 116 Å². The molecular formula is C14H28N4O. The summed E-state index contributed by atoms with van der Waals surface area (Å²) in [5.41, 5.74) is 0. The molecule has 2 unspecified atom stereocenters. The minimum absolute atomic E-state index is 0.00500. The van der Waals surface area contributed by atoms with E-state index in [1.165, 1.54) is 19.4 Å². The summed E-state index contributed by atoms with van der Waals surface area (Å²) in [5, 5.41) is 3.29. The van der Waals surface area contributed by atoms with Gasteiger partial charge in [0.25, 0.3) is 0 Å². The lowest BCUT2D eigenvalue weighted by Gasteiger charge is -2.40. The van der Waals surface area contributed by atoms with Gasteiger partial charge < -0.3 is 15.1 Å². The lowest BCUT2D eigenvalue weighted by Crippen LogP contribution is -2.56. The lowest BCUT2D eigenvalue weighted by atomic mass is 10.0. The monoisotopic (exact) mass is 268 g/mol. The SMILES string of the molecule is CC(C(=O)N1CCNCC1)N(C)C1CCCN(C)C1. The maximum absolute atomic E-state index is 12.5. The lowest BCUT2D eigenvalue weighted by molar-refractivity contribution is -0.137. The molecule has 2 saturated heterocycles. The Morgan fingerprint density at radius 2 is 2.00 bits per heavy atom. The summed E-state index contributed by atoms with van der Waals surface area (Å²) in [5.74, 6) is 0.289. The Bertz CT molecular complexity index is 304. The molecule has 1 N–H and O–H groups in total. The smallest absolute Gasteiger partial charge is 0.239 e. The number of hydrogen-bond acceptors (Lipinski definition) is 4. The molecule has 0 aromatic rings. The van der Waals surface area contributed by atoms with Gasteiger partial charge in [-0.2, -0.15) is 0 Å². The number of carbonyl (C=O) groups excluding carboxylic acids is 1. The molecule has 5 heteroatoms. The molecule has 2 fully saturated rings. The molecule has 5 nitrogen and oxygen atoms in total. The zero-order chi connectivity index (χ0) is 13.8. The van der Waals surface area contributed by atoms with Crippen molar-refractivity contribution in [3.8, 4) is 0 Å². The van der Waals surface area contributed by atoms with E-state index in [4.69, 9.17) is 0 Å². The molecule has 0 radical (unpaired) electrons. The number of piperazine rings is 1. The number of likely N-dealkylation sites (tertiary alicyclic amines) is 1. The van der Waals surface area contributed by atoms with Crippen LogP contribution in [0.2, 0.25) is 0 Å². The highest BCUT2D eigenvalue weighted by atomic mass is 16.2. The van der Waals surface area contributed by atoms with Crippen LogP contribution < -0.4 is 5.32 Å². The van der Waals surface area contributed by atoms with Crippen LogP contribution in [0.5, 0.6) is 0 Å². The van der Waals surface area contributed by atoms with Crippen molar-refractivity contribution in [2.45, 2.75) is 31.8 Å². The largest absolute Gasteiger partial charge is 0.339 e. The van der Waals surface area contributed by atoms with Gasteiger partial charge in [-0.1, -0.05) is 0 Å². The van der Waals surface area contributed by atoms with E-state index in [2.05, 4.69) is 36.1 Å². The molecule has 2 aliphatic rings. The number of nitrogens with zero attached hydrogens (tertiary/aromatic N) is 3. The Morgan fingerprint density at radius 1 is 1.32 bits per heavy atom. The maximum Gasteiger partial charge on any atom is 0.239 e. The number of nitrogens with one attached hydrogen (secondary N) is 1. The summed E-state index contributed by atoms with van der Waals surface area (Å²) in [6.45, 7) is 7.87. The number of piperidine rings is 1. The van der Waals surface area contributed by atoms with Gasteiger partial charge in [0.1, 0.15) is 0 Å². The molecule has 2 heterocycles. The first-order chi connectivity index (χ1) is 9.09. The van der Waals surface area contributed by atoms with Crippen LogP contribution >= 0.6 is 0 Å². The molecule has 0 spiro atoms. The second-order valence-electron chi connectivity index (χ2n) is 5.98. The molecule has 1 amide bonds. The second-order valence-corrected chi connectivity index (χ2v) is 5.98. The van der Waals surface area contributed by atoms with Gasteiger partial charge in [0.2, 0.25) is 5.91 Å². The van der Waals surface area contributed by atoms with Crippen molar-refractivity contribution in [3.63, 3.8) is 0 Å². The van der Waals surface area contributed by atoms with Gasteiger partial charge in [0.05, 0.1) is 6.04 Å². The zero-order valence-electron chi connectivity index (χ0n) is 12.6. The van der Waals surface area contributed by atoms with Crippen molar-refractivity contribution in [1.82, 2.24) is 20.0 Å². The third-order valence-corrected chi connectivity index (χ3v) is 4.57. The number of likely N-dealkylation sites (N-methyl/N-ethyl adjacent to an activating group) is 2. The third-order valence-electron chi connectivity index (χ3n) is 4.57. The minimum atomic E-state index is -0.00500. The summed E-state index contributed by atoms with van der Waals surface area (Å²) < 4.78 is 0. The number of carbonyl (C=O) groups is 1. The zero-order valence-corrected chi connectivity index (χ0v) is 12.6. The maximum atomic E-state index is 12.5. The predicted octanol–water partition coefficient (Wildman–Crippen LogP) is -0.167. The summed E-state index contributed by atoms with van der Waals surface area (Å²) in [4.78, 5) is 19.2. The normalized spacial score (nSPS) is 27.6. The van der Waals surface area contributed by atoms with E-state index in [0.717, 1.165) is 32.7 Å². The second kappa shape index (κ2) is 6.68. The molecule has 2 atom stereocenters. The van der Waals surface area contributed by atoms with Crippen LogP contribution in [0.25, 0.3) is 0 Å². The van der Waals surface area contributed by atoms with E-state index >= 15 is 0 Å². The van der Waals surface area contributed by atoms with E-state index < -0.39 is 0 Å². The number of rotatable bonds is 3. The fraction of sp³-hybridized carbons (Fsp3) is 0.929. The first-order valence-corrected chi connectivity index (χ1v) is 7.49. The van der Waals surface area contributed by atoms with Crippen LogP contribution in [0, 0.1) is 0 Å². The van der Waals surface area contributed by atoms with Gasteiger partial charge >= 0.3 is 0 Å². The van der Waals surface area contributed by atoms with Gasteiger partial charge in [-0.05, 0) is 40.4 Å². The first kappa shape index (κ1) is 14.8. The number of hydrogen-bond donors (Lipinski definition) is 1. The molecule has 0 aromatic carbocycles. The van der Waals surface area contributed by atoms with Crippen molar-refractivity contribution in [2.75, 3.05) is 53.4 Å². The highest BCUT2D eigenvalue weighted by Crippen LogP contribution is 2.16. The van der Waals surface area contributed by atoms with Crippen LogP contribution in [0.4, 0.5) is 0 Å². The van der Waals surface area contributed by atoms with Gasteiger partial charge in [-0.25, -0.2) is 0 Å². The molecule has 0 aromatic heterocycles. The number of amides is 1. The fourth-order valence-electron chi connectivity index (χ4n) is 3.11. The highest BCUT2D eigenvalue weighted by Gasteiger charge is 2.30. The minimum Gasteiger partial charge on any atom is -0.339 e. The summed E-state index contributed by atoms with van der Waals surface area (Å²) in [6, 6.07) is 0.509. The van der Waals surface area contributed by atoms with Gasteiger partial charge in [-0.3, -0.25) is 9.69 Å². The molecule has 2 aliphatic heterocycles. The van der Waals surface area contributed by atoms with E-state index in [0.29, 0.717) is 6.04 Å². The Kier molecular flexibility index (Phi) is 5.19. The van der Waals surface area contributed by atoms with Crippen LogP contribution in [0.3, 0.4) is 0 Å². The van der Waals surface area contributed by atoms with Crippen LogP contribution in [0.15, 0.2) is 0 Å². The summed E-state index contributed by atoms with van der Waals surface area (Å²) in [6.07, 6.45) is 2.44. The van der Waals surface area contributed by atoms with Gasteiger partial charge in [0, 0.05) is 38.8 Å². The Morgan fingerprint density at radius 3 is 2.63 bits per heavy atom. The highest BCUT2D eigenvalue weighted by molar-refractivity contribution is 5.81. The van der Waals surface area contributed by atoms with E-state index in [1.807, 2.05) is 4.90 Å². The topological polar surface area (TPSA) is 38.8 Å². The quantitative estimate of drug-likeness (QED) is 0.771.